The van der Waals surface area contributed by atoms with E-state index in [1.54, 1.807) is 7.11 Å². The quantitative estimate of drug-likeness (QED) is 0.685. The summed E-state index contributed by atoms with van der Waals surface area (Å²) in [5, 5.41) is 0. The number of ether oxygens (including phenoxy) is 1. The van der Waals surface area contributed by atoms with Crippen molar-refractivity contribution in [2.75, 3.05) is 7.11 Å². The Morgan fingerprint density at radius 1 is 1.15 bits per heavy atom. The zero-order valence-corrected chi connectivity index (χ0v) is 8.45. The Morgan fingerprint density at radius 3 is 2.23 bits per heavy atom. The number of benzene rings is 1. The van der Waals surface area contributed by atoms with Gasteiger partial charge in [-0.25, -0.2) is 0 Å². The van der Waals surface area contributed by atoms with E-state index in [1.165, 1.54) is 5.56 Å². The molecule has 0 aliphatic heterocycles. The van der Waals surface area contributed by atoms with Gasteiger partial charge in [-0.3, -0.25) is 0 Å². The van der Waals surface area contributed by atoms with E-state index >= 15 is 0 Å². The molecule has 0 unspecified atom stereocenters. The third-order valence-corrected chi connectivity index (χ3v) is 1.79. The van der Waals surface area contributed by atoms with Crippen LogP contribution in [0.1, 0.15) is 19.4 Å². The monoisotopic (exact) mass is 176 g/mol. The van der Waals surface area contributed by atoms with Crippen molar-refractivity contribution in [3.8, 4) is 5.75 Å². The van der Waals surface area contributed by atoms with Crippen LogP contribution in [-0.2, 0) is 0 Å². The smallest absolute Gasteiger partial charge is 0.118 e. The SMILES string of the molecule is COc1ccc([CH][CH]C(C)C)cc1. The first kappa shape index (κ1) is 10.1. The molecule has 0 N–H and O–H groups in total. The molecular weight excluding hydrogens is 160 g/mol. The van der Waals surface area contributed by atoms with E-state index in [4.69, 9.17) is 4.74 Å². The highest BCUT2D eigenvalue weighted by atomic mass is 16.5. The highest BCUT2D eigenvalue weighted by Gasteiger charge is 1.97. The lowest BCUT2D eigenvalue weighted by molar-refractivity contribution is 0.414. The second-order valence-corrected chi connectivity index (χ2v) is 3.38. The van der Waals surface area contributed by atoms with Crippen LogP contribution in [0.25, 0.3) is 0 Å². The molecule has 0 atom stereocenters. The molecule has 1 aromatic rings. The molecule has 1 heteroatoms. The molecule has 1 rings (SSSR count). The van der Waals surface area contributed by atoms with Crippen LogP contribution in [0, 0.1) is 18.8 Å². The van der Waals surface area contributed by atoms with Gasteiger partial charge in [-0.15, -0.1) is 0 Å². The topological polar surface area (TPSA) is 9.23 Å². The van der Waals surface area contributed by atoms with Crippen LogP contribution in [0.4, 0.5) is 0 Å². The maximum absolute atomic E-state index is 5.07. The summed E-state index contributed by atoms with van der Waals surface area (Å²) in [4.78, 5) is 0. The van der Waals surface area contributed by atoms with E-state index in [2.05, 4.69) is 38.8 Å². The highest BCUT2D eigenvalue weighted by Crippen LogP contribution is 2.15. The third kappa shape index (κ3) is 3.49. The maximum Gasteiger partial charge on any atom is 0.118 e. The number of hydrogen-bond acceptors (Lipinski definition) is 1. The van der Waals surface area contributed by atoms with Crippen molar-refractivity contribution >= 4 is 0 Å². The van der Waals surface area contributed by atoms with Gasteiger partial charge in [-0.1, -0.05) is 26.0 Å². The largest absolute Gasteiger partial charge is 0.497 e. The second-order valence-electron chi connectivity index (χ2n) is 3.38. The van der Waals surface area contributed by atoms with Gasteiger partial charge in [-0.2, -0.15) is 0 Å². The Morgan fingerprint density at radius 2 is 1.77 bits per heavy atom. The van der Waals surface area contributed by atoms with Gasteiger partial charge in [0.2, 0.25) is 0 Å². The summed E-state index contributed by atoms with van der Waals surface area (Å²) in [6.07, 6.45) is 4.31. The molecule has 0 bridgehead atoms. The Hall–Kier alpha value is -0.980. The fourth-order valence-corrected chi connectivity index (χ4v) is 1.02. The standard InChI is InChI=1S/C12H16O/c1-10(2)4-5-11-6-8-12(13-3)9-7-11/h4-10H,1-3H3. The fraction of sp³-hybridized carbons (Fsp3) is 0.333. The second kappa shape index (κ2) is 4.90. The molecule has 0 saturated carbocycles. The number of rotatable bonds is 4. The normalized spacial score (nSPS) is 10.5. The number of hydrogen-bond donors (Lipinski definition) is 0. The first-order valence-electron chi connectivity index (χ1n) is 4.54. The minimum atomic E-state index is 0.599. The molecule has 2 radical (unpaired) electrons. The van der Waals surface area contributed by atoms with Gasteiger partial charge in [0.15, 0.2) is 0 Å². The van der Waals surface area contributed by atoms with Gasteiger partial charge in [-0.05, 0) is 36.5 Å². The molecule has 13 heavy (non-hydrogen) atoms. The average Bonchev–Trinajstić information content (AvgIpc) is 2.15. The Labute approximate surface area is 80.7 Å². The van der Waals surface area contributed by atoms with Crippen LogP contribution in [-0.4, -0.2) is 7.11 Å². The molecule has 70 valence electrons. The Balaban J connectivity index is 2.49. The minimum Gasteiger partial charge on any atom is -0.497 e. The Kier molecular flexibility index (Phi) is 3.81. The van der Waals surface area contributed by atoms with Gasteiger partial charge in [0, 0.05) is 0 Å². The van der Waals surface area contributed by atoms with E-state index in [0.717, 1.165) is 5.75 Å². The van der Waals surface area contributed by atoms with Crippen LogP contribution in [0.5, 0.6) is 5.75 Å². The predicted octanol–water partition coefficient (Wildman–Crippen LogP) is 3.11. The van der Waals surface area contributed by atoms with E-state index in [-0.39, 0.29) is 0 Å². The summed E-state index contributed by atoms with van der Waals surface area (Å²) in [5.74, 6) is 1.50. The van der Waals surface area contributed by atoms with E-state index in [9.17, 15) is 0 Å². The molecular formula is C12H16O. The minimum absolute atomic E-state index is 0.599. The average molecular weight is 176 g/mol. The Bertz CT molecular complexity index is 236. The van der Waals surface area contributed by atoms with Crippen LogP contribution in [0.15, 0.2) is 24.3 Å². The van der Waals surface area contributed by atoms with Crippen LogP contribution < -0.4 is 4.74 Å². The van der Waals surface area contributed by atoms with Gasteiger partial charge in [0.05, 0.1) is 7.11 Å². The van der Waals surface area contributed by atoms with Gasteiger partial charge in [0.25, 0.3) is 0 Å². The molecule has 0 amide bonds. The maximum atomic E-state index is 5.07. The lowest BCUT2D eigenvalue weighted by atomic mass is 10.0. The zero-order chi connectivity index (χ0) is 9.68. The van der Waals surface area contributed by atoms with Crippen molar-refractivity contribution in [2.45, 2.75) is 13.8 Å². The molecule has 0 aromatic heterocycles. The molecule has 1 aromatic carbocycles. The van der Waals surface area contributed by atoms with Crippen molar-refractivity contribution in [3.63, 3.8) is 0 Å². The van der Waals surface area contributed by atoms with Crippen molar-refractivity contribution in [1.82, 2.24) is 0 Å². The summed E-state index contributed by atoms with van der Waals surface area (Å²) >= 11 is 0. The molecule has 0 saturated heterocycles. The summed E-state index contributed by atoms with van der Waals surface area (Å²) in [6, 6.07) is 8.05. The molecule has 0 aliphatic carbocycles. The van der Waals surface area contributed by atoms with Crippen LogP contribution in [0.3, 0.4) is 0 Å². The van der Waals surface area contributed by atoms with Crippen LogP contribution in [0.2, 0.25) is 0 Å². The summed E-state index contributed by atoms with van der Waals surface area (Å²) in [5.41, 5.74) is 1.22. The summed E-state index contributed by atoms with van der Waals surface area (Å²) in [7, 11) is 1.68. The zero-order valence-electron chi connectivity index (χ0n) is 8.45. The lowest BCUT2D eigenvalue weighted by Gasteiger charge is -2.04. The van der Waals surface area contributed by atoms with Crippen molar-refractivity contribution in [1.29, 1.82) is 0 Å². The number of methoxy groups -OCH3 is 1. The fourth-order valence-electron chi connectivity index (χ4n) is 1.02. The van der Waals surface area contributed by atoms with E-state index in [1.807, 2.05) is 12.1 Å². The molecule has 0 heterocycles. The molecule has 1 nitrogen and oxygen atoms in total. The van der Waals surface area contributed by atoms with Crippen molar-refractivity contribution < 1.29 is 4.74 Å². The van der Waals surface area contributed by atoms with Crippen molar-refractivity contribution in [3.05, 3.63) is 42.7 Å². The summed E-state index contributed by atoms with van der Waals surface area (Å²) in [6.45, 7) is 4.33. The van der Waals surface area contributed by atoms with E-state index < -0.39 is 0 Å². The van der Waals surface area contributed by atoms with Crippen molar-refractivity contribution in [2.24, 2.45) is 5.92 Å². The lowest BCUT2D eigenvalue weighted by Crippen LogP contribution is -1.91. The predicted molar refractivity (Wildman–Crippen MR) is 55.5 cm³/mol. The molecule has 0 aliphatic rings. The van der Waals surface area contributed by atoms with Gasteiger partial charge in [0.1, 0.15) is 5.75 Å². The van der Waals surface area contributed by atoms with Crippen LogP contribution >= 0.6 is 0 Å². The first-order chi connectivity index (χ1) is 6.22. The molecule has 0 spiro atoms. The highest BCUT2D eigenvalue weighted by molar-refractivity contribution is 5.32. The summed E-state index contributed by atoms with van der Waals surface area (Å²) < 4.78 is 5.07. The molecule has 0 fully saturated rings. The van der Waals surface area contributed by atoms with Gasteiger partial charge >= 0.3 is 0 Å². The first-order valence-corrected chi connectivity index (χ1v) is 4.54. The van der Waals surface area contributed by atoms with E-state index in [0.29, 0.717) is 5.92 Å². The third-order valence-electron chi connectivity index (χ3n) is 1.79. The van der Waals surface area contributed by atoms with Gasteiger partial charge < -0.3 is 4.74 Å².